The van der Waals surface area contributed by atoms with E-state index in [9.17, 15) is 0 Å². The summed E-state index contributed by atoms with van der Waals surface area (Å²) in [5.74, 6) is 0. The number of benzene rings is 9. The largest absolute Gasteiger partial charge is 0.0622 e. The molecule has 0 saturated heterocycles. The Hall–Kier alpha value is -5.46. The van der Waals surface area contributed by atoms with Crippen LogP contribution in [0.1, 0.15) is 25.0 Å². The molecule has 0 radical (unpaired) electrons. The standard InChI is InChI=1S/C45H30/c1-45(2)41-25-31-11-7-6-10-30(31)23-39(41)40-24-32-12-13-33(22-34(32)26-42(40)45)36-19-15-29-16-20-37-35(27-8-4-3-5-9-27)18-14-28-17-21-38(36)44(29)43(28)37/h3-26H,1-2H3. The first-order valence-electron chi connectivity index (χ1n) is 15.9. The molecule has 1 aliphatic rings. The normalized spacial score (nSPS) is 13.7. The van der Waals surface area contributed by atoms with Gasteiger partial charge in [-0.15, -0.1) is 0 Å². The van der Waals surface area contributed by atoms with Gasteiger partial charge in [0.25, 0.3) is 0 Å². The van der Waals surface area contributed by atoms with Gasteiger partial charge in [-0.1, -0.05) is 129 Å². The molecule has 0 fully saturated rings. The van der Waals surface area contributed by atoms with E-state index < -0.39 is 0 Å². The summed E-state index contributed by atoms with van der Waals surface area (Å²) in [6.45, 7) is 4.76. The average molecular weight is 571 g/mol. The highest BCUT2D eigenvalue weighted by Gasteiger charge is 2.36. The van der Waals surface area contributed by atoms with Crippen molar-refractivity contribution in [2.24, 2.45) is 0 Å². The molecule has 210 valence electrons. The molecule has 0 unspecified atom stereocenters. The topological polar surface area (TPSA) is 0 Å². The Morgan fingerprint density at radius 3 is 1.47 bits per heavy atom. The van der Waals surface area contributed by atoms with Crippen molar-refractivity contribution in [3.8, 4) is 33.4 Å². The maximum Gasteiger partial charge on any atom is 0.0159 e. The van der Waals surface area contributed by atoms with Crippen LogP contribution in [-0.2, 0) is 5.41 Å². The maximum atomic E-state index is 2.46. The third kappa shape index (κ3) is 3.43. The fourth-order valence-electron chi connectivity index (χ4n) is 8.25. The van der Waals surface area contributed by atoms with E-state index in [1.54, 1.807) is 0 Å². The molecule has 0 nitrogen and oxygen atoms in total. The number of rotatable bonds is 2. The van der Waals surface area contributed by atoms with Crippen LogP contribution in [0.15, 0.2) is 146 Å². The van der Waals surface area contributed by atoms with E-state index in [4.69, 9.17) is 0 Å². The van der Waals surface area contributed by atoms with Crippen LogP contribution in [0.4, 0.5) is 0 Å². The molecule has 0 bridgehead atoms. The zero-order valence-corrected chi connectivity index (χ0v) is 25.4. The number of fused-ring (bicyclic) bond motifs is 5. The smallest absolute Gasteiger partial charge is 0.0159 e. The molecule has 0 amide bonds. The lowest BCUT2D eigenvalue weighted by Gasteiger charge is -2.22. The second-order valence-electron chi connectivity index (χ2n) is 13.3. The summed E-state index contributed by atoms with van der Waals surface area (Å²) >= 11 is 0. The van der Waals surface area contributed by atoms with E-state index in [-0.39, 0.29) is 5.41 Å². The molecule has 0 spiro atoms. The van der Waals surface area contributed by atoms with Crippen molar-refractivity contribution in [1.29, 1.82) is 0 Å². The molecule has 0 saturated carbocycles. The predicted molar refractivity (Wildman–Crippen MR) is 194 cm³/mol. The van der Waals surface area contributed by atoms with E-state index in [2.05, 4.69) is 159 Å². The summed E-state index contributed by atoms with van der Waals surface area (Å²) in [6.07, 6.45) is 0. The molecule has 0 heterocycles. The van der Waals surface area contributed by atoms with Crippen LogP contribution in [-0.4, -0.2) is 0 Å². The van der Waals surface area contributed by atoms with E-state index in [1.165, 1.54) is 98.4 Å². The van der Waals surface area contributed by atoms with E-state index in [0.29, 0.717) is 0 Å². The van der Waals surface area contributed by atoms with Crippen molar-refractivity contribution in [3.63, 3.8) is 0 Å². The SMILES string of the molecule is CC1(C)c2cc3ccccc3cc2-c2cc3ccc(-c4ccc5ccc6c(-c7ccccc7)ccc7ccc4c5c76)cc3cc21. The van der Waals surface area contributed by atoms with Gasteiger partial charge in [0.15, 0.2) is 0 Å². The minimum absolute atomic E-state index is 0.0532. The van der Waals surface area contributed by atoms with Gasteiger partial charge < -0.3 is 0 Å². The highest BCUT2D eigenvalue weighted by atomic mass is 14.4. The molecule has 0 aromatic heterocycles. The molecule has 0 heteroatoms. The second kappa shape index (κ2) is 8.80. The highest BCUT2D eigenvalue weighted by molar-refractivity contribution is 6.27. The molecule has 10 rings (SSSR count). The number of hydrogen-bond donors (Lipinski definition) is 0. The first kappa shape index (κ1) is 24.9. The maximum absolute atomic E-state index is 2.46. The van der Waals surface area contributed by atoms with Crippen LogP contribution in [0, 0.1) is 0 Å². The Bertz CT molecular complexity index is 2650. The molecule has 9 aromatic rings. The first-order chi connectivity index (χ1) is 22.0. The molecule has 1 aliphatic carbocycles. The Morgan fingerprint density at radius 1 is 0.333 bits per heavy atom. The quantitative estimate of drug-likeness (QED) is 0.181. The molecular weight excluding hydrogens is 540 g/mol. The molecule has 0 N–H and O–H groups in total. The number of hydrogen-bond acceptors (Lipinski definition) is 0. The lowest BCUT2D eigenvalue weighted by atomic mass is 9.81. The van der Waals surface area contributed by atoms with Crippen LogP contribution in [0.3, 0.4) is 0 Å². The van der Waals surface area contributed by atoms with E-state index >= 15 is 0 Å². The molecule has 45 heavy (non-hydrogen) atoms. The van der Waals surface area contributed by atoms with Gasteiger partial charge in [-0.05, 0) is 129 Å². The summed E-state index contributed by atoms with van der Waals surface area (Å²) in [5, 5.41) is 13.2. The second-order valence-corrected chi connectivity index (χ2v) is 13.3. The molecular formula is C45H30. The van der Waals surface area contributed by atoms with Crippen LogP contribution in [0.5, 0.6) is 0 Å². The van der Waals surface area contributed by atoms with Gasteiger partial charge in [0.2, 0.25) is 0 Å². The van der Waals surface area contributed by atoms with Gasteiger partial charge in [0.1, 0.15) is 0 Å². The van der Waals surface area contributed by atoms with Gasteiger partial charge >= 0.3 is 0 Å². The fraction of sp³-hybridized carbons (Fsp3) is 0.0667. The summed E-state index contributed by atoms with van der Waals surface area (Å²) in [5.41, 5.74) is 10.6. The van der Waals surface area contributed by atoms with E-state index in [0.717, 1.165) is 0 Å². The van der Waals surface area contributed by atoms with Crippen LogP contribution in [0.2, 0.25) is 0 Å². The van der Waals surface area contributed by atoms with E-state index in [1.807, 2.05) is 0 Å². The lowest BCUT2D eigenvalue weighted by Crippen LogP contribution is -2.14. The van der Waals surface area contributed by atoms with Crippen molar-refractivity contribution in [2.75, 3.05) is 0 Å². The molecule has 9 aromatic carbocycles. The molecule has 0 aliphatic heterocycles. The Balaban J connectivity index is 1.17. The third-order valence-corrected chi connectivity index (χ3v) is 10.6. The Kier molecular flexibility index (Phi) is 4.88. The summed E-state index contributed by atoms with van der Waals surface area (Å²) in [6, 6.07) is 54.7. The van der Waals surface area contributed by atoms with Crippen molar-refractivity contribution in [3.05, 3.63) is 157 Å². The monoisotopic (exact) mass is 570 g/mol. The van der Waals surface area contributed by atoms with Crippen molar-refractivity contribution < 1.29 is 0 Å². The van der Waals surface area contributed by atoms with Crippen molar-refractivity contribution >= 4 is 53.9 Å². The predicted octanol–water partition coefficient (Wildman–Crippen LogP) is 12.5. The van der Waals surface area contributed by atoms with Crippen LogP contribution < -0.4 is 0 Å². The minimum Gasteiger partial charge on any atom is -0.0622 e. The zero-order chi connectivity index (χ0) is 29.9. The van der Waals surface area contributed by atoms with Crippen molar-refractivity contribution in [2.45, 2.75) is 19.3 Å². The van der Waals surface area contributed by atoms with Crippen molar-refractivity contribution in [1.82, 2.24) is 0 Å². The Labute approximate surface area is 262 Å². The highest BCUT2D eigenvalue weighted by Crippen LogP contribution is 2.51. The van der Waals surface area contributed by atoms with Gasteiger partial charge in [0, 0.05) is 5.41 Å². The third-order valence-electron chi connectivity index (χ3n) is 10.6. The van der Waals surface area contributed by atoms with Gasteiger partial charge in [0.05, 0.1) is 0 Å². The lowest BCUT2D eigenvalue weighted by molar-refractivity contribution is 0.662. The zero-order valence-electron chi connectivity index (χ0n) is 25.4. The average Bonchev–Trinajstić information content (AvgIpc) is 3.29. The Morgan fingerprint density at radius 2 is 0.822 bits per heavy atom. The first-order valence-corrected chi connectivity index (χ1v) is 15.9. The van der Waals surface area contributed by atoms with Gasteiger partial charge in [-0.3, -0.25) is 0 Å². The van der Waals surface area contributed by atoms with Gasteiger partial charge in [-0.2, -0.15) is 0 Å². The fourth-order valence-corrected chi connectivity index (χ4v) is 8.25. The summed E-state index contributed by atoms with van der Waals surface area (Å²) < 4.78 is 0. The summed E-state index contributed by atoms with van der Waals surface area (Å²) in [7, 11) is 0. The molecule has 0 atom stereocenters. The minimum atomic E-state index is -0.0532. The van der Waals surface area contributed by atoms with Gasteiger partial charge in [-0.25, -0.2) is 0 Å². The van der Waals surface area contributed by atoms with Crippen LogP contribution in [0.25, 0.3) is 87.2 Å². The van der Waals surface area contributed by atoms with Crippen LogP contribution >= 0.6 is 0 Å². The summed E-state index contributed by atoms with van der Waals surface area (Å²) in [4.78, 5) is 0.